The van der Waals surface area contributed by atoms with E-state index in [0.717, 1.165) is 44.7 Å². The van der Waals surface area contributed by atoms with E-state index in [-0.39, 0.29) is 17.7 Å². The van der Waals surface area contributed by atoms with Gasteiger partial charge in [-0.3, -0.25) is 4.99 Å². The topological polar surface area (TPSA) is 63.3 Å². The van der Waals surface area contributed by atoms with Crippen LogP contribution in [0.5, 0.6) is 0 Å². The molecule has 148 valence electrons. The molecule has 0 bridgehead atoms. The van der Waals surface area contributed by atoms with Crippen molar-refractivity contribution in [3.63, 3.8) is 0 Å². The van der Waals surface area contributed by atoms with Gasteiger partial charge in [0.2, 0.25) is 0 Å². The molecule has 7 heteroatoms. The number of benzene rings is 1. The number of aliphatic imine (C=N–C) groups is 1. The van der Waals surface area contributed by atoms with Gasteiger partial charge in [-0.1, -0.05) is 6.42 Å². The summed E-state index contributed by atoms with van der Waals surface area (Å²) in [6.45, 7) is 4.44. The fraction of sp³-hybridized carbons (Fsp3) is 0.650. The number of rotatable bonds is 3. The quantitative estimate of drug-likeness (QED) is 0.648. The lowest BCUT2D eigenvalue weighted by atomic mass is 9.94. The molecule has 27 heavy (non-hydrogen) atoms. The van der Waals surface area contributed by atoms with Crippen molar-refractivity contribution in [1.82, 2.24) is 4.90 Å². The molecule has 1 aromatic carbocycles. The van der Waals surface area contributed by atoms with Gasteiger partial charge >= 0.3 is 0 Å². The molecule has 2 saturated heterocycles. The van der Waals surface area contributed by atoms with Crippen LogP contribution in [0.3, 0.4) is 0 Å². The Morgan fingerprint density at radius 3 is 2.52 bits per heavy atom. The van der Waals surface area contributed by atoms with Gasteiger partial charge in [0, 0.05) is 44.7 Å². The lowest BCUT2D eigenvalue weighted by molar-refractivity contribution is -0.186. The zero-order valence-electron chi connectivity index (χ0n) is 15.8. The molecular formula is C20H29FN4O2. The number of piperazine rings is 1. The van der Waals surface area contributed by atoms with Crippen molar-refractivity contribution in [2.24, 2.45) is 10.7 Å². The summed E-state index contributed by atoms with van der Waals surface area (Å²) >= 11 is 0. The monoisotopic (exact) mass is 376 g/mol. The SMILES string of the molecule is NC(=NCC1COC2(CCCCC2)O1)N1CCN(c2ccc(F)cc2)CC1. The maximum absolute atomic E-state index is 13.1. The fourth-order valence-electron chi connectivity index (χ4n) is 4.20. The molecule has 1 spiro atoms. The third-order valence-electron chi connectivity index (χ3n) is 5.78. The Hall–Kier alpha value is -1.86. The van der Waals surface area contributed by atoms with Gasteiger partial charge in [0.1, 0.15) is 11.9 Å². The average Bonchev–Trinajstić information content (AvgIpc) is 3.09. The number of ether oxygens (including phenoxy) is 2. The highest BCUT2D eigenvalue weighted by molar-refractivity contribution is 5.78. The van der Waals surface area contributed by atoms with Crippen molar-refractivity contribution in [2.75, 3.05) is 44.2 Å². The predicted octanol–water partition coefficient (Wildman–Crippen LogP) is 2.34. The Bertz CT molecular complexity index is 652. The number of nitrogens with zero attached hydrogens (tertiary/aromatic N) is 3. The number of halogens is 1. The lowest BCUT2D eigenvalue weighted by Gasteiger charge is -2.36. The van der Waals surface area contributed by atoms with Crippen molar-refractivity contribution >= 4 is 11.6 Å². The van der Waals surface area contributed by atoms with Crippen LogP contribution >= 0.6 is 0 Å². The molecule has 2 aliphatic heterocycles. The summed E-state index contributed by atoms with van der Waals surface area (Å²) in [6.07, 6.45) is 5.62. The summed E-state index contributed by atoms with van der Waals surface area (Å²) in [7, 11) is 0. The van der Waals surface area contributed by atoms with E-state index in [9.17, 15) is 4.39 Å². The highest BCUT2D eigenvalue weighted by Gasteiger charge is 2.42. The molecule has 1 atom stereocenters. The minimum Gasteiger partial charge on any atom is -0.370 e. The summed E-state index contributed by atoms with van der Waals surface area (Å²) < 4.78 is 25.2. The van der Waals surface area contributed by atoms with Crippen molar-refractivity contribution < 1.29 is 13.9 Å². The largest absolute Gasteiger partial charge is 0.370 e. The minimum absolute atomic E-state index is 0.00199. The molecule has 0 radical (unpaired) electrons. The summed E-state index contributed by atoms with van der Waals surface area (Å²) in [5.74, 6) is 0.0115. The van der Waals surface area contributed by atoms with E-state index in [0.29, 0.717) is 19.1 Å². The fourth-order valence-corrected chi connectivity index (χ4v) is 4.20. The number of hydrogen-bond acceptors (Lipinski definition) is 4. The van der Waals surface area contributed by atoms with Crippen LogP contribution in [0.15, 0.2) is 29.3 Å². The molecule has 3 aliphatic rings. The molecule has 6 nitrogen and oxygen atoms in total. The smallest absolute Gasteiger partial charge is 0.191 e. The molecule has 1 saturated carbocycles. The Labute approximate surface area is 160 Å². The van der Waals surface area contributed by atoms with E-state index >= 15 is 0 Å². The van der Waals surface area contributed by atoms with E-state index in [1.165, 1.54) is 31.4 Å². The van der Waals surface area contributed by atoms with Gasteiger partial charge < -0.3 is 25.0 Å². The van der Waals surface area contributed by atoms with Crippen LogP contribution in [0.4, 0.5) is 10.1 Å². The zero-order valence-corrected chi connectivity index (χ0v) is 15.8. The second-order valence-electron chi connectivity index (χ2n) is 7.67. The van der Waals surface area contributed by atoms with E-state index in [4.69, 9.17) is 15.2 Å². The molecule has 1 unspecified atom stereocenters. The molecule has 2 heterocycles. The Morgan fingerprint density at radius 2 is 1.81 bits per heavy atom. The molecule has 0 amide bonds. The van der Waals surface area contributed by atoms with Crippen LogP contribution in [0, 0.1) is 5.82 Å². The number of guanidine groups is 1. The van der Waals surface area contributed by atoms with Crippen LogP contribution in [-0.4, -0.2) is 62.1 Å². The summed E-state index contributed by atoms with van der Waals surface area (Å²) in [5.41, 5.74) is 7.25. The van der Waals surface area contributed by atoms with Gasteiger partial charge in [-0.25, -0.2) is 4.39 Å². The van der Waals surface area contributed by atoms with Crippen molar-refractivity contribution in [1.29, 1.82) is 0 Å². The first-order valence-corrected chi connectivity index (χ1v) is 10.0. The first-order chi connectivity index (χ1) is 13.1. The third-order valence-corrected chi connectivity index (χ3v) is 5.78. The highest BCUT2D eigenvalue weighted by atomic mass is 19.1. The normalized spacial score (nSPS) is 26.0. The van der Waals surface area contributed by atoms with E-state index < -0.39 is 0 Å². The lowest BCUT2D eigenvalue weighted by Crippen LogP contribution is -2.51. The van der Waals surface area contributed by atoms with E-state index in [1.54, 1.807) is 0 Å². The molecule has 1 aromatic rings. The Balaban J connectivity index is 1.25. The minimum atomic E-state index is -0.353. The number of hydrogen-bond donors (Lipinski definition) is 1. The molecule has 4 rings (SSSR count). The molecular weight excluding hydrogens is 347 g/mol. The molecule has 3 fully saturated rings. The number of anilines is 1. The van der Waals surface area contributed by atoms with E-state index in [1.807, 2.05) is 12.1 Å². The third kappa shape index (κ3) is 4.35. The van der Waals surface area contributed by atoms with Gasteiger partial charge in [-0.05, 0) is 37.1 Å². The summed E-state index contributed by atoms with van der Waals surface area (Å²) in [5, 5.41) is 0. The van der Waals surface area contributed by atoms with Gasteiger partial charge in [0.15, 0.2) is 11.7 Å². The summed E-state index contributed by atoms with van der Waals surface area (Å²) in [6, 6.07) is 6.64. The Kier molecular flexibility index (Phi) is 5.50. The first kappa shape index (κ1) is 18.5. The molecule has 2 N–H and O–H groups in total. The van der Waals surface area contributed by atoms with Crippen LogP contribution < -0.4 is 10.6 Å². The van der Waals surface area contributed by atoms with Crippen LogP contribution in [0.1, 0.15) is 32.1 Å². The van der Waals surface area contributed by atoms with Crippen LogP contribution in [0.2, 0.25) is 0 Å². The standard InChI is InChI=1S/C20H29FN4O2/c21-16-4-6-17(7-5-16)24-10-12-25(13-11-24)19(22)23-14-18-15-26-20(27-18)8-2-1-3-9-20/h4-7,18H,1-3,8-15H2,(H2,22,23). The first-order valence-electron chi connectivity index (χ1n) is 10.0. The number of nitrogens with two attached hydrogens (primary N) is 1. The maximum Gasteiger partial charge on any atom is 0.191 e. The zero-order chi connectivity index (χ0) is 18.7. The summed E-state index contributed by atoms with van der Waals surface area (Å²) in [4.78, 5) is 8.91. The second kappa shape index (κ2) is 8.02. The van der Waals surface area contributed by atoms with Gasteiger partial charge in [-0.2, -0.15) is 0 Å². The van der Waals surface area contributed by atoms with Crippen molar-refractivity contribution in [3.8, 4) is 0 Å². The van der Waals surface area contributed by atoms with Crippen LogP contribution in [0.25, 0.3) is 0 Å². The van der Waals surface area contributed by atoms with Crippen LogP contribution in [-0.2, 0) is 9.47 Å². The Morgan fingerprint density at radius 1 is 1.11 bits per heavy atom. The van der Waals surface area contributed by atoms with Crippen molar-refractivity contribution in [2.45, 2.75) is 44.0 Å². The highest BCUT2D eigenvalue weighted by Crippen LogP contribution is 2.37. The van der Waals surface area contributed by atoms with Gasteiger partial charge in [-0.15, -0.1) is 0 Å². The van der Waals surface area contributed by atoms with E-state index in [2.05, 4.69) is 14.8 Å². The van der Waals surface area contributed by atoms with Gasteiger partial charge in [0.25, 0.3) is 0 Å². The predicted molar refractivity (Wildman–Crippen MR) is 103 cm³/mol. The van der Waals surface area contributed by atoms with Crippen molar-refractivity contribution in [3.05, 3.63) is 30.1 Å². The van der Waals surface area contributed by atoms with Gasteiger partial charge in [0.05, 0.1) is 13.2 Å². The molecule has 0 aromatic heterocycles. The second-order valence-corrected chi connectivity index (χ2v) is 7.67. The average molecular weight is 376 g/mol. The molecule has 1 aliphatic carbocycles. The maximum atomic E-state index is 13.1.